The third kappa shape index (κ3) is 24.1. The van der Waals surface area contributed by atoms with E-state index < -0.39 is 40.6 Å². The molecule has 0 aliphatic heterocycles. The zero-order valence-corrected chi connectivity index (χ0v) is 31.5. The van der Waals surface area contributed by atoms with E-state index in [1.54, 1.807) is 27.7 Å². The summed E-state index contributed by atoms with van der Waals surface area (Å²) in [5.74, 6) is -3.44. The standard InChI is InChI=1S/C35H65N3O11/c1-10-13-32(2,3)25-35(8,9)49-21-20-47-17-15-37-29(41)23-48-19-18-46-16-14-36-27(39)12-11-26(30(42)43)38-28(40)22-33(4,5)24-34(6,7)31(44)45/h26H,10-25H2,1-9H3,(H,36,39)(H,37,41)(H,38,40)(H,42,43)(H,44,45). The molecule has 14 heteroatoms. The van der Waals surface area contributed by atoms with Crippen molar-refractivity contribution in [3.05, 3.63) is 0 Å². The van der Waals surface area contributed by atoms with E-state index in [9.17, 15) is 34.2 Å². The SMILES string of the molecule is CCCC(C)(C)CC(C)(C)OCCOCCNC(=O)COCCOCCNC(=O)CCC(NC(=O)CC(C)(C)CC(C)(C)C(=O)O)C(=O)O. The van der Waals surface area contributed by atoms with Gasteiger partial charge in [0.2, 0.25) is 17.7 Å². The highest BCUT2D eigenvalue weighted by atomic mass is 16.5. The Bertz CT molecular complexity index is 1030. The van der Waals surface area contributed by atoms with Gasteiger partial charge in [-0.2, -0.15) is 0 Å². The van der Waals surface area contributed by atoms with Crippen LogP contribution in [0.15, 0.2) is 0 Å². The molecule has 5 N–H and O–H groups in total. The van der Waals surface area contributed by atoms with Gasteiger partial charge in [0.1, 0.15) is 12.6 Å². The Morgan fingerprint density at radius 1 is 0.673 bits per heavy atom. The first-order valence-electron chi connectivity index (χ1n) is 17.3. The summed E-state index contributed by atoms with van der Waals surface area (Å²) in [7, 11) is 0. The summed E-state index contributed by atoms with van der Waals surface area (Å²) in [6, 6.07) is -1.26. The highest BCUT2D eigenvalue weighted by Gasteiger charge is 2.36. The Labute approximate surface area is 293 Å². The van der Waals surface area contributed by atoms with E-state index in [-0.39, 0.29) is 75.6 Å². The average molecular weight is 704 g/mol. The minimum absolute atomic E-state index is 0.0617. The molecule has 0 rings (SSSR count). The molecule has 0 radical (unpaired) electrons. The number of aliphatic carboxylic acids is 2. The molecule has 0 aromatic rings. The topological polar surface area (TPSA) is 199 Å². The fraction of sp³-hybridized carbons (Fsp3) is 0.857. The van der Waals surface area contributed by atoms with Crippen molar-refractivity contribution < 1.29 is 53.1 Å². The van der Waals surface area contributed by atoms with E-state index in [1.807, 2.05) is 0 Å². The quantitative estimate of drug-likeness (QED) is 0.0714. The maximum absolute atomic E-state index is 12.5. The molecule has 0 aliphatic rings. The number of rotatable bonds is 29. The second-order valence-corrected chi connectivity index (χ2v) is 15.4. The third-order valence-corrected chi connectivity index (χ3v) is 7.73. The summed E-state index contributed by atoms with van der Waals surface area (Å²) >= 11 is 0. The van der Waals surface area contributed by atoms with Crippen LogP contribution in [0.5, 0.6) is 0 Å². The molecule has 14 nitrogen and oxygen atoms in total. The minimum atomic E-state index is -1.27. The first-order chi connectivity index (χ1) is 22.6. The molecule has 0 heterocycles. The molecule has 49 heavy (non-hydrogen) atoms. The molecule has 0 aromatic heterocycles. The molecule has 0 bridgehead atoms. The molecule has 0 aromatic carbocycles. The smallest absolute Gasteiger partial charge is 0.326 e. The molecule has 0 saturated carbocycles. The number of hydrogen-bond donors (Lipinski definition) is 5. The molecule has 286 valence electrons. The van der Waals surface area contributed by atoms with E-state index in [1.165, 1.54) is 0 Å². The van der Waals surface area contributed by atoms with Crippen LogP contribution in [0.4, 0.5) is 0 Å². The molecular formula is C35H65N3O11. The van der Waals surface area contributed by atoms with Gasteiger partial charge < -0.3 is 45.1 Å². The number of carbonyl (C=O) groups is 5. The molecule has 3 amide bonds. The Hall–Kier alpha value is -2.81. The summed E-state index contributed by atoms with van der Waals surface area (Å²) in [5.41, 5.74) is -1.73. The number of carbonyl (C=O) groups excluding carboxylic acids is 3. The van der Waals surface area contributed by atoms with Gasteiger partial charge in [-0.25, -0.2) is 4.79 Å². The summed E-state index contributed by atoms with van der Waals surface area (Å²) < 4.78 is 22.2. The Balaban J connectivity index is 4.00. The van der Waals surface area contributed by atoms with Crippen molar-refractivity contribution in [3.63, 3.8) is 0 Å². The highest BCUT2D eigenvalue weighted by molar-refractivity contribution is 5.85. The van der Waals surface area contributed by atoms with E-state index in [2.05, 4.69) is 50.6 Å². The number of hydrogen-bond acceptors (Lipinski definition) is 9. The fourth-order valence-electron chi connectivity index (χ4n) is 6.04. The minimum Gasteiger partial charge on any atom is -0.481 e. The van der Waals surface area contributed by atoms with Crippen LogP contribution in [-0.2, 0) is 42.9 Å². The van der Waals surface area contributed by atoms with E-state index in [4.69, 9.17) is 18.9 Å². The molecule has 1 unspecified atom stereocenters. The first-order valence-corrected chi connectivity index (χ1v) is 17.3. The van der Waals surface area contributed by atoms with Gasteiger partial charge in [0.25, 0.3) is 0 Å². The zero-order valence-electron chi connectivity index (χ0n) is 31.5. The fourth-order valence-corrected chi connectivity index (χ4v) is 6.04. The van der Waals surface area contributed by atoms with Crippen LogP contribution in [0.3, 0.4) is 0 Å². The number of ether oxygens (including phenoxy) is 4. The van der Waals surface area contributed by atoms with Gasteiger partial charge in [-0.05, 0) is 64.2 Å². The van der Waals surface area contributed by atoms with Crippen LogP contribution in [0, 0.1) is 16.2 Å². The zero-order chi connectivity index (χ0) is 37.7. The van der Waals surface area contributed by atoms with Gasteiger partial charge in [-0.3, -0.25) is 19.2 Å². The van der Waals surface area contributed by atoms with Crippen LogP contribution < -0.4 is 16.0 Å². The van der Waals surface area contributed by atoms with Crippen LogP contribution in [0.2, 0.25) is 0 Å². The summed E-state index contributed by atoms with van der Waals surface area (Å²) in [6.07, 6.45) is 3.18. The predicted molar refractivity (Wildman–Crippen MR) is 185 cm³/mol. The first kappa shape index (κ1) is 46.2. The molecule has 0 saturated heterocycles. The van der Waals surface area contributed by atoms with E-state index in [0.29, 0.717) is 26.4 Å². The summed E-state index contributed by atoms with van der Waals surface area (Å²) in [5, 5.41) is 26.6. The Morgan fingerprint density at radius 2 is 1.22 bits per heavy atom. The normalized spacial score (nSPS) is 13.1. The van der Waals surface area contributed by atoms with Crippen molar-refractivity contribution in [2.45, 2.75) is 119 Å². The summed E-state index contributed by atoms with van der Waals surface area (Å²) in [4.78, 5) is 59.7. The van der Waals surface area contributed by atoms with Crippen molar-refractivity contribution in [3.8, 4) is 0 Å². The number of carboxylic acid groups (broad SMARTS) is 2. The predicted octanol–water partition coefficient (Wildman–Crippen LogP) is 3.55. The lowest BCUT2D eigenvalue weighted by molar-refractivity contribution is -0.149. The number of carboxylic acids is 2. The van der Waals surface area contributed by atoms with Crippen LogP contribution in [-0.4, -0.2) is 111 Å². The van der Waals surface area contributed by atoms with Crippen molar-refractivity contribution in [2.75, 3.05) is 59.3 Å². The second kappa shape index (κ2) is 22.8. The van der Waals surface area contributed by atoms with Gasteiger partial charge in [0, 0.05) is 25.9 Å². The van der Waals surface area contributed by atoms with Crippen LogP contribution in [0.25, 0.3) is 0 Å². The number of nitrogens with one attached hydrogen (secondary N) is 3. The Morgan fingerprint density at radius 3 is 1.78 bits per heavy atom. The van der Waals surface area contributed by atoms with Crippen molar-refractivity contribution >= 4 is 29.7 Å². The van der Waals surface area contributed by atoms with Crippen LogP contribution in [0.1, 0.15) is 107 Å². The van der Waals surface area contributed by atoms with Gasteiger partial charge in [0.15, 0.2) is 0 Å². The maximum atomic E-state index is 12.5. The number of amides is 3. The van der Waals surface area contributed by atoms with E-state index >= 15 is 0 Å². The van der Waals surface area contributed by atoms with E-state index in [0.717, 1.165) is 19.3 Å². The van der Waals surface area contributed by atoms with Crippen LogP contribution >= 0.6 is 0 Å². The van der Waals surface area contributed by atoms with Gasteiger partial charge in [0.05, 0.1) is 50.7 Å². The molecule has 1 atom stereocenters. The monoisotopic (exact) mass is 703 g/mol. The van der Waals surface area contributed by atoms with Gasteiger partial charge in [-0.15, -0.1) is 0 Å². The lowest BCUT2D eigenvalue weighted by Crippen LogP contribution is -2.43. The molecular weight excluding hydrogens is 638 g/mol. The van der Waals surface area contributed by atoms with Crippen molar-refractivity contribution in [1.29, 1.82) is 0 Å². The largest absolute Gasteiger partial charge is 0.481 e. The second-order valence-electron chi connectivity index (χ2n) is 15.4. The van der Waals surface area contributed by atoms with Gasteiger partial charge in [-0.1, -0.05) is 41.0 Å². The third-order valence-electron chi connectivity index (χ3n) is 7.73. The lowest BCUT2D eigenvalue weighted by atomic mass is 9.73. The van der Waals surface area contributed by atoms with Gasteiger partial charge >= 0.3 is 11.9 Å². The maximum Gasteiger partial charge on any atom is 0.326 e. The highest BCUT2D eigenvalue weighted by Crippen LogP contribution is 2.36. The molecule has 0 spiro atoms. The Kier molecular flexibility index (Phi) is 21.5. The molecule has 0 fully saturated rings. The summed E-state index contributed by atoms with van der Waals surface area (Å²) in [6.45, 7) is 19.9. The average Bonchev–Trinajstić information content (AvgIpc) is 2.94. The lowest BCUT2D eigenvalue weighted by Gasteiger charge is -2.35. The van der Waals surface area contributed by atoms with Crippen molar-refractivity contribution in [2.24, 2.45) is 16.2 Å². The van der Waals surface area contributed by atoms with Crippen molar-refractivity contribution in [1.82, 2.24) is 16.0 Å². The molecule has 0 aliphatic carbocycles.